The molecule has 0 bridgehead atoms. The number of nitrogens with one attached hydrogen (secondary N) is 2. The van der Waals surface area contributed by atoms with Crippen molar-refractivity contribution in [1.82, 2.24) is 5.32 Å². The highest BCUT2D eigenvalue weighted by Gasteiger charge is 2.17. The monoisotopic (exact) mass is 359 g/mol. The third-order valence-corrected chi connectivity index (χ3v) is 3.27. The summed E-state index contributed by atoms with van der Waals surface area (Å²) in [5.74, 6) is -0.0316. The maximum absolute atomic E-state index is 12.4. The summed E-state index contributed by atoms with van der Waals surface area (Å²) in [6, 6.07) is 12.8. The van der Waals surface area contributed by atoms with Crippen LogP contribution in [0.25, 0.3) is 0 Å². The van der Waals surface area contributed by atoms with Crippen molar-refractivity contribution >= 4 is 34.6 Å². The van der Waals surface area contributed by atoms with E-state index in [1.807, 2.05) is 13.8 Å². The SMILES string of the molecule is CC(C)Oc1ccccc1C(=O)NC(=S)Nc1ccccc1[N+](=O)[O-]. The van der Waals surface area contributed by atoms with Crippen molar-refractivity contribution < 1.29 is 14.5 Å². The van der Waals surface area contributed by atoms with Crippen LogP contribution in [-0.4, -0.2) is 22.0 Å². The van der Waals surface area contributed by atoms with Gasteiger partial charge >= 0.3 is 0 Å². The molecule has 8 heteroatoms. The molecule has 0 aliphatic carbocycles. The number of hydrogen-bond donors (Lipinski definition) is 2. The van der Waals surface area contributed by atoms with Crippen molar-refractivity contribution in [1.29, 1.82) is 0 Å². The first-order valence-electron chi connectivity index (χ1n) is 7.50. The normalized spacial score (nSPS) is 10.2. The van der Waals surface area contributed by atoms with Crippen LogP contribution in [0.15, 0.2) is 48.5 Å². The molecule has 0 fully saturated rings. The van der Waals surface area contributed by atoms with Gasteiger partial charge in [0.25, 0.3) is 11.6 Å². The Hall–Kier alpha value is -3.00. The number of carbonyl (C=O) groups is 1. The summed E-state index contributed by atoms with van der Waals surface area (Å²) >= 11 is 5.08. The number of carbonyl (C=O) groups excluding carboxylic acids is 1. The van der Waals surface area contributed by atoms with Gasteiger partial charge in [-0.05, 0) is 44.3 Å². The number of benzene rings is 2. The molecule has 2 N–H and O–H groups in total. The molecule has 0 radical (unpaired) electrons. The van der Waals surface area contributed by atoms with E-state index < -0.39 is 10.8 Å². The van der Waals surface area contributed by atoms with Crippen LogP contribution in [0.1, 0.15) is 24.2 Å². The van der Waals surface area contributed by atoms with Crippen molar-refractivity contribution in [2.75, 3.05) is 5.32 Å². The zero-order valence-corrected chi connectivity index (χ0v) is 14.5. The number of hydrogen-bond acceptors (Lipinski definition) is 5. The fourth-order valence-corrected chi connectivity index (χ4v) is 2.28. The highest BCUT2D eigenvalue weighted by Crippen LogP contribution is 2.23. The van der Waals surface area contributed by atoms with Crippen LogP contribution in [0.3, 0.4) is 0 Å². The van der Waals surface area contributed by atoms with Crippen molar-refractivity contribution in [3.8, 4) is 5.75 Å². The third kappa shape index (κ3) is 4.98. The number of anilines is 1. The number of nitrogens with zero attached hydrogens (tertiary/aromatic N) is 1. The summed E-state index contributed by atoms with van der Waals surface area (Å²) in [6.45, 7) is 3.71. The van der Waals surface area contributed by atoms with Crippen LogP contribution < -0.4 is 15.4 Å². The van der Waals surface area contributed by atoms with E-state index in [0.29, 0.717) is 11.3 Å². The van der Waals surface area contributed by atoms with Gasteiger partial charge in [0.1, 0.15) is 11.4 Å². The lowest BCUT2D eigenvalue weighted by atomic mass is 10.2. The Morgan fingerprint density at radius 1 is 1.16 bits per heavy atom. The molecule has 2 aromatic carbocycles. The second-order valence-corrected chi connectivity index (χ2v) is 5.75. The number of nitro benzene ring substituents is 1. The van der Waals surface area contributed by atoms with Gasteiger partial charge in [0.2, 0.25) is 0 Å². The second-order valence-electron chi connectivity index (χ2n) is 5.35. The van der Waals surface area contributed by atoms with E-state index in [1.54, 1.807) is 36.4 Å². The number of thiocarbonyl (C=S) groups is 1. The fourth-order valence-electron chi connectivity index (χ4n) is 2.07. The van der Waals surface area contributed by atoms with Crippen LogP contribution in [0.5, 0.6) is 5.75 Å². The number of ether oxygens (including phenoxy) is 1. The zero-order chi connectivity index (χ0) is 18.4. The fraction of sp³-hybridized carbons (Fsp3) is 0.176. The van der Waals surface area contributed by atoms with Gasteiger partial charge in [-0.25, -0.2) is 0 Å². The summed E-state index contributed by atoms with van der Waals surface area (Å²) in [5.41, 5.74) is 0.384. The van der Waals surface area contributed by atoms with E-state index in [9.17, 15) is 14.9 Å². The van der Waals surface area contributed by atoms with Gasteiger partial charge < -0.3 is 10.1 Å². The van der Waals surface area contributed by atoms with E-state index in [1.165, 1.54) is 12.1 Å². The third-order valence-electron chi connectivity index (χ3n) is 3.07. The molecular formula is C17H17N3O4S. The molecule has 2 rings (SSSR count). The van der Waals surface area contributed by atoms with Gasteiger partial charge in [-0.15, -0.1) is 0 Å². The largest absolute Gasteiger partial charge is 0.490 e. The van der Waals surface area contributed by atoms with Gasteiger partial charge in [-0.1, -0.05) is 24.3 Å². The van der Waals surface area contributed by atoms with Gasteiger partial charge in [-0.3, -0.25) is 20.2 Å². The molecule has 0 unspecified atom stereocenters. The zero-order valence-electron chi connectivity index (χ0n) is 13.7. The molecule has 0 atom stereocenters. The molecule has 0 aliphatic heterocycles. The van der Waals surface area contributed by atoms with Gasteiger partial charge in [0.05, 0.1) is 16.6 Å². The lowest BCUT2D eigenvalue weighted by Gasteiger charge is -2.14. The van der Waals surface area contributed by atoms with Crippen molar-refractivity contribution in [2.24, 2.45) is 0 Å². The molecule has 0 saturated heterocycles. The molecule has 0 aliphatic rings. The molecule has 25 heavy (non-hydrogen) atoms. The Balaban J connectivity index is 2.12. The van der Waals surface area contributed by atoms with Crippen molar-refractivity contribution in [3.05, 3.63) is 64.2 Å². The molecule has 7 nitrogen and oxygen atoms in total. The molecule has 0 saturated carbocycles. The van der Waals surface area contributed by atoms with E-state index in [0.717, 1.165) is 0 Å². The van der Waals surface area contributed by atoms with Gasteiger partial charge in [0, 0.05) is 6.07 Å². The van der Waals surface area contributed by atoms with Crippen molar-refractivity contribution in [2.45, 2.75) is 20.0 Å². The lowest BCUT2D eigenvalue weighted by molar-refractivity contribution is -0.383. The van der Waals surface area contributed by atoms with Crippen LogP contribution in [0.4, 0.5) is 11.4 Å². The molecule has 2 aromatic rings. The summed E-state index contributed by atoms with van der Waals surface area (Å²) in [6.07, 6.45) is -0.0917. The van der Waals surface area contributed by atoms with Crippen LogP contribution in [-0.2, 0) is 0 Å². The molecule has 0 aromatic heterocycles. The maximum atomic E-state index is 12.4. The number of para-hydroxylation sites is 3. The van der Waals surface area contributed by atoms with E-state index in [2.05, 4.69) is 10.6 Å². The predicted molar refractivity (Wildman–Crippen MR) is 99.0 cm³/mol. The number of rotatable bonds is 5. The maximum Gasteiger partial charge on any atom is 0.292 e. The predicted octanol–water partition coefficient (Wildman–Crippen LogP) is 3.51. The molecule has 130 valence electrons. The van der Waals surface area contributed by atoms with E-state index >= 15 is 0 Å². The van der Waals surface area contributed by atoms with Crippen LogP contribution in [0.2, 0.25) is 0 Å². The summed E-state index contributed by atoms with van der Waals surface area (Å²) in [7, 11) is 0. The Kier molecular flexibility index (Phi) is 6.02. The Morgan fingerprint density at radius 3 is 2.48 bits per heavy atom. The minimum atomic E-state index is -0.529. The Labute approximate surface area is 150 Å². The molecular weight excluding hydrogens is 342 g/mol. The minimum absolute atomic E-state index is 0.0429. The highest BCUT2D eigenvalue weighted by molar-refractivity contribution is 7.80. The van der Waals surface area contributed by atoms with E-state index in [4.69, 9.17) is 17.0 Å². The Morgan fingerprint density at radius 2 is 1.80 bits per heavy atom. The van der Waals surface area contributed by atoms with Crippen LogP contribution >= 0.6 is 12.2 Å². The van der Waals surface area contributed by atoms with E-state index in [-0.39, 0.29) is 22.6 Å². The number of nitro groups is 1. The molecule has 0 heterocycles. The summed E-state index contributed by atoms with van der Waals surface area (Å²) < 4.78 is 5.60. The quantitative estimate of drug-likeness (QED) is 0.482. The standard InChI is InChI=1S/C17H17N3O4S/c1-11(2)24-15-10-6-3-7-12(15)16(21)19-17(25)18-13-8-4-5-9-14(13)20(22)23/h3-11H,1-2H3,(H2,18,19,21,25). The highest BCUT2D eigenvalue weighted by atomic mass is 32.1. The first kappa shape index (κ1) is 18.3. The first-order chi connectivity index (χ1) is 11.9. The smallest absolute Gasteiger partial charge is 0.292 e. The molecule has 1 amide bonds. The number of amides is 1. The van der Waals surface area contributed by atoms with Crippen LogP contribution in [0, 0.1) is 10.1 Å². The average molecular weight is 359 g/mol. The average Bonchev–Trinajstić information content (AvgIpc) is 2.54. The lowest BCUT2D eigenvalue weighted by Crippen LogP contribution is -2.34. The van der Waals surface area contributed by atoms with Gasteiger partial charge in [-0.2, -0.15) is 0 Å². The second kappa shape index (κ2) is 8.20. The minimum Gasteiger partial charge on any atom is -0.490 e. The molecule has 0 spiro atoms. The summed E-state index contributed by atoms with van der Waals surface area (Å²) in [4.78, 5) is 22.9. The first-order valence-corrected chi connectivity index (χ1v) is 7.90. The Bertz CT molecular complexity index is 808. The topological polar surface area (TPSA) is 93.5 Å². The van der Waals surface area contributed by atoms with Gasteiger partial charge in [0.15, 0.2) is 5.11 Å². The summed E-state index contributed by atoms with van der Waals surface area (Å²) in [5, 5.41) is 16.1. The van der Waals surface area contributed by atoms with Crippen molar-refractivity contribution in [3.63, 3.8) is 0 Å².